The molecule has 0 atom stereocenters. The molecule has 0 heterocycles. The van der Waals surface area contributed by atoms with Crippen molar-refractivity contribution in [1.29, 1.82) is 0 Å². The molecular formula is C21H15ClFIN2O2. The predicted molar refractivity (Wildman–Crippen MR) is 116 cm³/mol. The fourth-order valence-corrected chi connectivity index (χ4v) is 3.14. The standard InChI is InChI=1S/C21H15ClFIN2O2/c22-17-8-6-15(7-9-17)21(27)26-25-12-14-5-10-20(19(24)11-14)28-13-16-3-1-2-4-18(16)23/h1-12H,13H2,(H,26,27)/b25-12-. The number of carbonyl (C=O) groups excluding carboxylic acids is 1. The zero-order valence-corrected chi connectivity index (χ0v) is 17.4. The van der Waals surface area contributed by atoms with Crippen molar-refractivity contribution in [2.75, 3.05) is 0 Å². The second kappa shape index (κ2) is 9.66. The fourth-order valence-electron chi connectivity index (χ4n) is 2.32. The Morgan fingerprint density at radius 3 is 2.61 bits per heavy atom. The molecule has 3 aromatic carbocycles. The number of amides is 1. The summed E-state index contributed by atoms with van der Waals surface area (Å²) in [4.78, 5) is 12.0. The molecule has 0 aliphatic carbocycles. The molecule has 3 aromatic rings. The lowest BCUT2D eigenvalue weighted by molar-refractivity contribution is 0.0955. The Bertz CT molecular complexity index is 1010. The molecule has 1 N–H and O–H groups in total. The molecule has 0 radical (unpaired) electrons. The lowest BCUT2D eigenvalue weighted by Crippen LogP contribution is -2.17. The van der Waals surface area contributed by atoms with Gasteiger partial charge in [-0.15, -0.1) is 0 Å². The van der Waals surface area contributed by atoms with E-state index in [0.717, 1.165) is 9.13 Å². The molecular weight excluding hydrogens is 494 g/mol. The maximum Gasteiger partial charge on any atom is 0.271 e. The molecule has 1 amide bonds. The Labute approximate surface area is 180 Å². The minimum Gasteiger partial charge on any atom is -0.488 e. The first-order valence-corrected chi connectivity index (χ1v) is 9.73. The van der Waals surface area contributed by atoms with Crippen LogP contribution in [-0.4, -0.2) is 12.1 Å². The molecule has 28 heavy (non-hydrogen) atoms. The molecule has 0 aromatic heterocycles. The largest absolute Gasteiger partial charge is 0.488 e. The van der Waals surface area contributed by atoms with Gasteiger partial charge in [-0.2, -0.15) is 5.10 Å². The first kappa shape index (κ1) is 20.3. The average Bonchev–Trinajstić information content (AvgIpc) is 2.69. The van der Waals surface area contributed by atoms with Gasteiger partial charge in [-0.25, -0.2) is 9.82 Å². The monoisotopic (exact) mass is 508 g/mol. The first-order valence-electron chi connectivity index (χ1n) is 8.27. The number of ether oxygens (including phenoxy) is 1. The average molecular weight is 509 g/mol. The Morgan fingerprint density at radius 2 is 1.89 bits per heavy atom. The van der Waals surface area contributed by atoms with Gasteiger partial charge in [0.1, 0.15) is 18.2 Å². The summed E-state index contributed by atoms with van der Waals surface area (Å²) < 4.78 is 20.2. The number of nitrogens with zero attached hydrogens (tertiary/aromatic N) is 1. The van der Waals surface area contributed by atoms with E-state index in [2.05, 4.69) is 33.1 Å². The molecule has 0 aliphatic heterocycles. The van der Waals surface area contributed by atoms with Crippen LogP contribution in [-0.2, 0) is 6.61 Å². The quantitative estimate of drug-likeness (QED) is 0.274. The molecule has 0 saturated heterocycles. The smallest absolute Gasteiger partial charge is 0.271 e. The van der Waals surface area contributed by atoms with Crippen molar-refractivity contribution in [3.05, 3.63) is 97.8 Å². The Balaban J connectivity index is 1.59. The van der Waals surface area contributed by atoms with Gasteiger partial charge in [0.05, 0.1) is 9.78 Å². The highest BCUT2D eigenvalue weighted by molar-refractivity contribution is 14.1. The molecule has 0 bridgehead atoms. The predicted octanol–water partition coefficient (Wildman–Crippen LogP) is 5.43. The summed E-state index contributed by atoms with van der Waals surface area (Å²) >= 11 is 7.94. The number of carbonyl (C=O) groups is 1. The normalized spacial score (nSPS) is 10.8. The Kier molecular flexibility index (Phi) is 7.00. The van der Waals surface area contributed by atoms with Gasteiger partial charge >= 0.3 is 0 Å². The minimum atomic E-state index is -0.326. The van der Waals surface area contributed by atoms with Gasteiger partial charge in [-0.1, -0.05) is 29.8 Å². The van der Waals surface area contributed by atoms with Gasteiger partial charge in [0, 0.05) is 16.1 Å². The van der Waals surface area contributed by atoms with Gasteiger partial charge in [0.2, 0.25) is 0 Å². The molecule has 4 nitrogen and oxygen atoms in total. The van der Waals surface area contributed by atoms with E-state index in [1.54, 1.807) is 54.6 Å². The second-order valence-corrected chi connectivity index (χ2v) is 7.37. The van der Waals surface area contributed by atoms with Crippen molar-refractivity contribution in [1.82, 2.24) is 5.43 Å². The number of hydrazone groups is 1. The van der Waals surface area contributed by atoms with E-state index in [1.807, 2.05) is 6.07 Å². The lowest BCUT2D eigenvalue weighted by atomic mass is 10.2. The van der Waals surface area contributed by atoms with Crippen LogP contribution in [0.4, 0.5) is 4.39 Å². The molecule has 3 rings (SSSR count). The zero-order chi connectivity index (χ0) is 19.9. The highest BCUT2D eigenvalue weighted by Crippen LogP contribution is 2.23. The highest BCUT2D eigenvalue weighted by atomic mass is 127. The van der Waals surface area contributed by atoms with Crippen LogP contribution in [0, 0.1) is 9.39 Å². The summed E-state index contributed by atoms with van der Waals surface area (Å²) in [5.74, 6) is 0.0244. The summed E-state index contributed by atoms with van der Waals surface area (Å²) in [7, 11) is 0. The van der Waals surface area contributed by atoms with Gasteiger partial charge < -0.3 is 4.74 Å². The van der Waals surface area contributed by atoms with Crippen LogP contribution in [0.3, 0.4) is 0 Å². The van der Waals surface area contributed by atoms with Crippen LogP contribution < -0.4 is 10.2 Å². The van der Waals surface area contributed by atoms with Crippen LogP contribution in [0.2, 0.25) is 5.02 Å². The zero-order valence-electron chi connectivity index (χ0n) is 14.5. The van der Waals surface area contributed by atoms with Gasteiger partial charge in [0.25, 0.3) is 5.91 Å². The van der Waals surface area contributed by atoms with Crippen LogP contribution in [0.5, 0.6) is 5.75 Å². The molecule has 0 unspecified atom stereocenters. The van der Waals surface area contributed by atoms with Gasteiger partial charge in [-0.3, -0.25) is 4.79 Å². The number of benzene rings is 3. The molecule has 0 fully saturated rings. The summed E-state index contributed by atoms with van der Waals surface area (Å²) in [6.45, 7) is 0.146. The number of rotatable bonds is 6. The van der Waals surface area contributed by atoms with Crippen LogP contribution in [0.15, 0.2) is 71.8 Å². The maximum absolute atomic E-state index is 13.7. The third kappa shape index (κ3) is 5.53. The van der Waals surface area contributed by atoms with Gasteiger partial charge in [0.15, 0.2) is 0 Å². The SMILES string of the molecule is O=C(N/N=C\c1ccc(OCc2ccccc2F)c(I)c1)c1ccc(Cl)cc1. The second-order valence-electron chi connectivity index (χ2n) is 5.78. The number of hydrogen-bond acceptors (Lipinski definition) is 3. The summed E-state index contributed by atoms with van der Waals surface area (Å²) in [5, 5.41) is 4.53. The van der Waals surface area contributed by atoms with Crippen molar-refractivity contribution in [2.45, 2.75) is 6.61 Å². The van der Waals surface area contributed by atoms with Crippen LogP contribution >= 0.6 is 34.2 Å². The van der Waals surface area contributed by atoms with Crippen molar-refractivity contribution >= 4 is 46.3 Å². The summed E-state index contributed by atoms with van der Waals surface area (Å²) in [5.41, 5.74) is 4.22. The summed E-state index contributed by atoms with van der Waals surface area (Å²) in [6, 6.07) is 18.5. The van der Waals surface area contributed by atoms with Crippen molar-refractivity contribution in [2.24, 2.45) is 5.10 Å². The van der Waals surface area contributed by atoms with Crippen LogP contribution in [0.25, 0.3) is 0 Å². The fraction of sp³-hybridized carbons (Fsp3) is 0.0476. The number of hydrogen-bond donors (Lipinski definition) is 1. The first-order chi connectivity index (χ1) is 13.5. The Morgan fingerprint density at radius 1 is 1.14 bits per heavy atom. The van der Waals surface area contributed by atoms with E-state index < -0.39 is 0 Å². The van der Waals surface area contributed by atoms with Crippen molar-refractivity contribution in [3.8, 4) is 5.75 Å². The van der Waals surface area contributed by atoms with Crippen LogP contribution in [0.1, 0.15) is 21.5 Å². The van der Waals surface area contributed by atoms with Gasteiger partial charge in [-0.05, 0) is 76.7 Å². The van der Waals surface area contributed by atoms with E-state index in [0.29, 0.717) is 21.9 Å². The summed E-state index contributed by atoms with van der Waals surface area (Å²) in [6.07, 6.45) is 1.54. The third-order valence-electron chi connectivity index (χ3n) is 3.78. The third-order valence-corrected chi connectivity index (χ3v) is 4.88. The molecule has 0 aliphatic rings. The van der Waals surface area contributed by atoms with E-state index in [9.17, 15) is 9.18 Å². The molecule has 7 heteroatoms. The van der Waals surface area contributed by atoms with Crippen molar-refractivity contribution < 1.29 is 13.9 Å². The number of halogens is 3. The maximum atomic E-state index is 13.7. The number of nitrogens with one attached hydrogen (secondary N) is 1. The molecule has 142 valence electrons. The molecule has 0 saturated carbocycles. The van der Waals surface area contributed by atoms with E-state index >= 15 is 0 Å². The van der Waals surface area contributed by atoms with E-state index in [1.165, 1.54) is 12.3 Å². The minimum absolute atomic E-state index is 0.146. The Hall–Kier alpha value is -2.45. The molecule has 0 spiro atoms. The van der Waals surface area contributed by atoms with E-state index in [-0.39, 0.29) is 18.3 Å². The van der Waals surface area contributed by atoms with Crippen molar-refractivity contribution in [3.63, 3.8) is 0 Å². The topological polar surface area (TPSA) is 50.7 Å². The lowest BCUT2D eigenvalue weighted by Gasteiger charge is -2.09. The highest BCUT2D eigenvalue weighted by Gasteiger charge is 2.06. The van der Waals surface area contributed by atoms with E-state index in [4.69, 9.17) is 16.3 Å².